The molecule has 1 aromatic carbocycles. The van der Waals surface area contributed by atoms with Crippen molar-refractivity contribution in [2.45, 2.75) is 32.4 Å². The van der Waals surface area contributed by atoms with Gasteiger partial charge in [-0.2, -0.15) is 0 Å². The van der Waals surface area contributed by atoms with Crippen LogP contribution in [0.25, 0.3) is 0 Å². The number of carboxylic acid groups (broad SMARTS) is 1. The van der Waals surface area contributed by atoms with Gasteiger partial charge in [0.2, 0.25) is 11.8 Å². The summed E-state index contributed by atoms with van der Waals surface area (Å²) < 4.78 is 0. The van der Waals surface area contributed by atoms with E-state index in [0.717, 1.165) is 5.56 Å². The van der Waals surface area contributed by atoms with Gasteiger partial charge < -0.3 is 15.3 Å². The molecule has 132 valence electrons. The fourth-order valence-electron chi connectivity index (χ4n) is 2.06. The van der Waals surface area contributed by atoms with Gasteiger partial charge in [-0.1, -0.05) is 24.6 Å². The van der Waals surface area contributed by atoms with Crippen molar-refractivity contribution in [3.05, 3.63) is 29.8 Å². The molecule has 0 spiro atoms. The highest BCUT2D eigenvalue weighted by atomic mass is 32.2. The number of anilines is 1. The molecule has 2 amide bonds. The Hall–Kier alpha value is -2.02. The second-order valence-corrected chi connectivity index (χ2v) is 6.85. The molecule has 1 unspecified atom stereocenters. The van der Waals surface area contributed by atoms with E-state index in [1.54, 1.807) is 6.92 Å². The van der Waals surface area contributed by atoms with Gasteiger partial charge >= 0.3 is 5.97 Å². The third kappa shape index (κ3) is 7.04. The van der Waals surface area contributed by atoms with E-state index in [0.29, 0.717) is 18.7 Å². The number of aliphatic carboxylic acids is 1. The first kappa shape index (κ1) is 20.0. The number of benzene rings is 1. The van der Waals surface area contributed by atoms with Crippen molar-refractivity contribution in [2.24, 2.45) is 0 Å². The van der Waals surface area contributed by atoms with Crippen molar-refractivity contribution in [1.29, 1.82) is 0 Å². The molecule has 1 atom stereocenters. The molecule has 0 aliphatic carbocycles. The van der Waals surface area contributed by atoms with Crippen LogP contribution in [0.4, 0.5) is 5.69 Å². The van der Waals surface area contributed by atoms with Gasteiger partial charge in [0.1, 0.15) is 6.54 Å². The van der Waals surface area contributed by atoms with Crippen molar-refractivity contribution in [2.75, 3.05) is 24.2 Å². The van der Waals surface area contributed by atoms with Crippen LogP contribution in [-0.4, -0.2) is 51.9 Å². The van der Waals surface area contributed by atoms with Crippen LogP contribution >= 0.6 is 11.8 Å². The lowest BCUT2D eigenvalue weighted by molar-refractivity contribution is -0.144. The average Bonchev–Trinajstić information content (AvgIpc) is 2.53. The zero-order chi connectivity index (χ0) is 18.1. The molecule has 0 saturated carbocycles. The number of aryl methyl sites for hydroxylation is 1. The molecule has 0 radical (unpaired) electrons. The summed E-state index contributed by atoms with van der Waals surface area (Å²) in [4.78, 5) is 36.4. The third-order valence-electron chi connectivity index (χ3n) is 3.28. The van der Waals surface area contributed by atoms with E-state index >= 15 is 0 Å². The highest BCUT2D eigenvalue weighted by Crippen LogP contribution is 2.15. The molecule has 0 bridgehead atoms. The van der Waals surface area contributed by atoms with Gasteiger partial charge in [-0.25, -0.2) is 0 Å². The SMILES string of the molecule is CCCN(CC(=O)O)C(=O)C(C)SCC(=O)Nc1ccc(C)cc1. The summed E-state index contributed by atoms with van der Waals surface area (Å²) in [5.41, 5.74) is 1.82. The first-order valence-electron chi connectivity index (χ1n) is 7.82. The average molecular weight is 352 g/mol. The maximum Gasteiger partial charge on any atom is 0.323 e. The largest absolute Gasteiger partial charge is 0.480 e. The van der Waals surface area contributed by atoms with Crippen molar-refractivity contribution < 1.29 is 19.5 Å². The van der Waals surface area contributed by atoms with Gasteiger partial charge in [0.15, 0.2) is 0 Å². The molecule has 1 rings (SSSR count). The van der Waals surface area contributed by atoms with Crippen LogP contribution in [0.5, 0.6) is 0 Å². The Balaban J connectivity index is 2.49. The number of carboxylic acids is 1. The van der Waals surface area contributed by atoms with E-state index < -0.39 is 11.2 Å². The molecule has 0 saturated heterocycles. The number of nitrogens with zero attached hydrogens (tertiary/aromatic N) is 1. The molecule has 1 aromatic rings. The second kappa shape index (κ2) is 9.97. The molecule has 0 aliphatic heterocycles. The van der Waals surface area contributed by atoms with E-state index in [2.05, 4.69) is 5.32 Å². The normalized spacial score (nSPS) is 11.6. The highest BCUT2D eigenvalue weighted by Gasteiger charge is 2.23. The quantitative estimate of drug-likeness (QED) is 0.712. The van der Waals surface area contributed by atoms with E-state index in [9.17, 15) is 14.4 Å². The molecule has 6 nitrogen and oxygen atoms in total. The van der Waals surface area contributed by atoms with Gasteiger partial charge in [0.25, 0.3) is 0 Å². The van der Waals surface area contributed by atoms with E-state index in [1.807, 2.05) is 38.1 Å². The summed E-state index contributed by atoms with van der Waals surface area (Å²) in [6.45, 7) is 5.62. The third-order valence-corrected chi connectivity index (χ3v) is 4.41. The highest BCUT2D eigenvalue weighted by molar-refractivity contribution is 8.01. The zero-order valence-electron chi connectivity index (χ0n) is 14.2. The molecular weight excluding hydrogens is 328 g/mol. The van der Waals surface area contributed by atoms with Crippen molar-refractivity contribution in [3.8, 4) is 0 Å². The molecular formula is C17H24N2O4S. The predicted molar refractivity (Wildman–Crippen MR) is 96.2 cm³/mol. The molecule has 0 aliphatic rings. The Morgan fingerprint density at radius 1 is 1.25 bits per heavy atom. The topological polar surface area (TPSA) is 86.7 Å². The lowest BCUT2D eigenvalue weighted by Crippen LogP contribution is -2.40. The first-order valence-corrected chi connectivity index (χ1v) is 8.87. The molecule has 0 fully saturated rings. The minimum Gasteiger partial charge on any atom is -0.480 e. The van der Waals surface area contributed by atoms with Gasteiger partial charge in [-0.3, -0.25) is 14.4 Å². The van der Waals surface area contributed by atoms with Crippen molar-refractivity contribution >= 4 is 35.2 Å². The van der Waals surface area contributed by atoms with Crippen molar-refractivity contribution in [1.82, 2.24) is 4.90 Å². The number of hydrogen-bond acceptors (Lipinski definition) is 4. The summed E-state index contributed by atoms with van der Waals surface area (Å²) >= 11 is 1.20. The van der Waals surface area contributed by atoms with Crippen LogP contribution < -0.4 is 5.32 Å². The fraction of sp³-hybridized carbons (Fsp3) is 0.471. The first-order chi connectivity index (χ1) is 11.3. The summed E-state index contributed by atoms with van der Waals surface area (Å²) in [7, 11) is 0. The number of carbonyl (C=O) groups excluding carboxylic acids is 2. The Bertz CT molecular complexity index is 574. The summed E-state index contributed by atoms with van der Waals surface area (Å²) in [5, 5.41) is 11.2. The minimum atomic E-state index is -1.04. The van der Waals surface area contributed by atoms with E-state index in [1.165, 1.54) is 16.7 Å². The van der Waals surface area contributed by atoms with Crippen LogP contribution in [0.3, 0.4) is 0 Å². The van der Waals surface area contributed by atoms with Gasteiger partial charge in [-0.05, 0) is 32.4 Å². The smallest absolute Gasteiger partial charge is 0.323 e. The van der Waals surface area contributed by atoms with E-state index in [4.69, 9.17) is 5.11 Å². The minimum absolute atomic E-state index is 0.133. The molecule has 0 aromatic heterocycles. The van der Waals surface area contributed by atoms with Crippen LogP contribution in [0.2, 0.25) is 0 Å². The summed E-state index contributed by atoms with van der Waals surface area (Å²) in [6, 6.07) is 7.46. The van der Waals surface area contributed by atoms with Crippen LogP contribution in [0, 0.1) is 6.92 Å². The van der Waals surface area contributed by atoms with Crippen LogP contribution in [0.15, 0.2) is 24.3 Å². The fourth-order valence-corrected chi connectivity index (χ4v) is 2.83. The second-order valence-electron chi connectivity index (χ2n) is 5.52. The Labute approximate surface area is 146 Å². The van der Waals surface area contributed by atoms with Gasteiger partial charge in [0, 0.05) is 12.2 Å². The number of nitrogens with one attached hydrogen (secondary N) is 1. The molecule has 2 N–H and O–H groups in total. The lowest BCUT2D eigenvalue weighted by Gasteiger charge is -2.23. The standard InChI is InChI=1S/C17H24N2O4S/c1-4-9-19(10-16(21)22)17(23)13(3)24-11-15(20)18-14-7-5-12(2)6-8-14/h5-8,13H,4,9-11H2,1-3H3,(H,18,20)(H,21,22). The number of amides is 2. The summed E-state index contributed by atoms with van der Waals surface area (Å²) in [5.74, 6) is -1.35. The molecule has 0 heterocycles. The monoisotopic (exact) mass is 352 g/mol. The van der Waals surface area contributed by atoms with Crippen LogP contribution in [-0.2, 0) is 14.4 Å². The number of carbonyl (C=O) groups is 3. The maximum absolute atomic E-state index is 12.3. The van der Waals surface area contributed by atoms with Gasteiger partial charge in [0.05, 0.1) is 11.0 Å². The number of thioether (sulfide) groups is 1. The summed E-state index contributed by atoms with van der Waals surface area (Å²) in [6.07, 6.45) is 0.685. The number of hydrogen-bond donors (Lipinski definition) is 2. The molecule has 24 heavy (non-hydrogen) atoms. The predicted octanol–water partition coefficient (Wildman–Crippen LogP) is 2.38. The Morgan fingerprint density at radius 2 is 1.88 bits per heavy atom. The maximum atomic E-state index is 12.3. The Kier molecular flexibility index (Phi) is 8.32. The van der Waals surface area contributed by atoms with Crippen molar-refractivity contribution in [3.63, 3.8) is 0 Å². The number of rotatable bonds is 9. The Morgan fingerprint density at radius 3 is 2.42 bits per heavy atom. The van der Waals surface area contributed by atoms with E-state index in [-0.39, 0.29) is 24.1 Å². The zero-order valence-corrected chi connectivity index (χ0v) is 15.1. The van der Waals surface area contributed by atoms with Crippen LogP contribution in [0.1, 0.15) is 25.8 Å². The molecule has 7 heteroatoms. The lowest BCUT2D eigenvalue weighted by atomic mass is 10.2. The van der Waals surface area contributed by atoms with Gasteiger partial charge in [-0.15, -0.1) is 11.8 Å².